The molecule has 0 saturated heterocycles. The highest BCUT2D eigenvalue weighted by atomic mass is 35.5. The molecule has 0 unspecified atom stereocenters. The van der Waals surface area contributed by atoms with Gasteiger partial charge in [-0.2, -0.15) is 4.72 Å². The SMILES string of the molecule is CC#CCNS(=O)(=O)c1ccc(Cl)c(C(=O)O)c1Cl. The molecule has 0 atom stereocenters. The first-order chi connectivity index (χ1) is 8.81. The summed E-state index contributed by atoms with van der Waals surface area (Å²) in [6.07, 6.45) is 0. The number of nitrogens with one attached hydrogen (secondary N) is 1. The third-order valence-corrected chi connectivity index (χ3v) is 4.35. The highest BCUT2D eigenvalue weighted by Gasteiger charge is 2.24. The maximum absolute atomic E-state index is 11.9. The predicted octanol–water partition coefficient (Wildman–Crippen LogP) is 1.99. The molecule has 0 aliphatic heterocycles. The Morgan fingerprint density at radius 1 is 1.42 bits per heavy atom. The van der Waals surface area contributed by atoms with E-state index in [0.717, 1.165) is 12.1 Å². The summed E-state index contributed by atoms with van der Waals surface area (Å²) >= 11 is 11.5. The molecule has 0 aliphatic carbocycles. The molecule has 1 aromatic carbocycles. The lowest BCUT2D eigenvalue weighted by atomic mass is 10.2. The first-order valence-corrected chi connectivity index (χ1v) is 7.15. The van der Waals surface area contributed by atoms with E-state index in [1.807, 2.05) is 0 Å². The van der Waals surface area contributed by atoms with Crippen LogP contribution in [0.2, 0.25) is 10.0 Å². The molecule has 19 heavy (non-hydrogen) atoms. The van der Waals surface area contributed by atoms with E-state index < -0.39 is 26.6 Å². The van der Waals surface area contributed by atoms with Gasteiger partial charge in [0.25, 0.3) is 0 Å². The van der Waals surface area contributed by atoms with Crippen molar-refractivity contribution in [2.45, 2.75) is 11.8 Å². The lowest BCUT2D eigenvalue weighted by Crippen LogP contribution is -2.24. The average molecular weight is 322 g/mol. The van der Waals surface area contributed by atoms with Gasteiger partial charge >= 0.3 is 5.97 Å². The summed E-state index contributed by atoms with van der Waals surface area (Å²) in [6, 6.07) is 2.30. The van der Waals surface area contributed by atoms with E-state index in [1.54, 1.807) is 6.92 Å². The highest BCUT2D eigenvalue weighted by molar-refractivity contribution is 7.89. The van der Waals surface area contributed by atoms with Crippen molar-refractivity contribution in [2.24, 2.45) is 0 Å². The van der Waals surface area contributed by atoms with Crippen molar-refractivity contribution in [3.63, 3.8) is 0 Å². The first-order valence-electron chi connectivity index (χ1n) is 4.92. The molecule has 0 amide bonds. The summed E-state index contributed by atoms with van der Waals surface area (Å²) < 4.78 is 26.0. The fourth-order valence-electron chi connectivity index (χ4n) is 1.23. The molecule has 0 heterocycles. The standard InChI is InChI=1S/C11H9Cl2NO4S/c1-2-3-6-14-19(17,18)8-5-4-7(12)9(10(8)13)11(15)16/h4-5,14H,6H2,1H3,(H,15,16). The van der Waals surface area contributed by atoms with Gasteiger partial charge < -0.3 is 5.11 Å². The Hall–Kier alpha value is -1.26. The number of carboxylic acids is 1. The Bertz CT molecular complexity index is 674. The van der Waals surface area contributed by atoms with Gasteiger partial charge in [0.15, 0.2) is 0 Å². The normalized spacial score (nSPS) is 10.7. The maximum atomic E-state index is 11.9. The van der Waals surface area contributed by atoms with Crippen LogP contribution in [0.3, 0.4) is 0 Å². The van der Waals surface area contributed by atoms with Crippen LogP contribution in [0, 0.1) is 11.8 Å². The molecule has 0 spiro atoms. The molecule has 0 fully saturated rings. The second-order valence-electron chi connectivity index (χ2n) is 3.29. The van der Waals surface area contributed by atoms with Gasteiger partial charge in [0, 0.05) is 0 Å². The van der Waals surface area contributed by atoms with Crippen molar-refractivity contribution >= 4 is 39.2 Å². The second kappa shape index (κ2) is 6.26. The van der Waals surface area contributed by atoms with Crippen LogP contribution in [0.1, 0.15) is 17.3 Å². The molecule has 1 aromatic rings. The summed E-state index contributed by atoms with van der Waals surface area (Å²) in [5.74, 6) is 3.63. The lowest BCUT2D eigenvalue weighted by molar-refractivity contribution is 0.0697. The highest BCUT2D eigenvalue weighted by Crippen LogP contribution is 2.30. The Labute approximate surface area is 120 Å². The van der Waals surface area contributed by atoms with Gasteiger partial charge in [-0.05, 0) is 19.1 Å². The summed E-state index contributed by atoms with van der Waals surface area (Å²) in [4.78, 5) is 10.6. The van der Waals surface area contributed by atoms with Gasteiger partial charge in [0.2, 0.25) is 10.0 Å². The van der Waals surface area contributed by atoms with Crippen LogP contribution in [0.15, 0.2) is 17.0 Å². The first kappa shape index (κ1) is 15.8. The second-order valence-corrected chi connectivity index (χ2v) is 5.81. The van der Waals surface area contributed by atoms with Crippen LogP contribution in [-0.4, -0.2) is 26.0 Å². The van der Waals surface area contributed by atoms with Crippen molar-refractivity contribution in [1.82, 2.24) is 4.72 Å². The Balaban J connectivity index is 3.31. The van der Waals surface area contributed by atoms with E-state index in [9.17, 15) is 13.2 Å². The van der Waals surface area contributed by atoms with Gasteiger partial charge in [-0.1, -0.05) is 29.1 Å². The molecule has 0 bridgehead atoms. The summed E-state index contributed by atoms with van der Waals surface area (Å²) in [5, 5.41) is 8.38. The van der Waals surface area contributed by atoms with Gasteiger partial charge in [0.05, 0.1) is 22.2 Å². The number of benzene rings is 1. The molecule has 0 aliphatic rings. The topological polar surface area (TPSA) is 83.5 Å². The van der Waals surface area contributed by atoms with Crippen molar-refractivity contribution in [2.75, 3.05) is 6.54 Å². The molecule has 0 aromatic heterocycles. The molecular formula is C11H9Cl2NO4S. The van der Waals surface area contributed by atoms with E-state index in [-0.39, 0.29) is 16.5 Å². The fourth-order valence-corrected chi connectivity index (χ4v) is 3.07. The minimum Gasteiger partial charge on any atom is -0.478 e. The number of carbonyl (C=O) groups is 1. The zero-order valence-corrected chi connectivity index (χ0v) is 12.0. The van der Waals surface area contributed by atoms with Gasteiger partial charge in [-0.15, -0.1) is 5.92 Å². The van der Waals surface area contributed by atoms with Gasteiger partial charge in [0.1, 0.15) is 4.90 Å². The molecule has 102 valence electrons. The summed E-state index contributed by atoms with van der Waals surface area (Å²) in [5.41, 5.74) is -0.451. The molecular weight excluding hydrogens is 313 g/mol. The van der Waals surface area contributed by atoms with E-state index in [4.69, 9.17) is 28.3 Å². The summed E-state index contributed by atoms with van der Waals surface area (Å²) in [6.45, 7) is 1.46. The number of hydrogen-bond acceptors (Lipinski definition) is 3. The fraction of sp³-hybridized carbons (Fsp3) is 0.182. The zero-order chi connectivity index (χ0) is 14.6. The van der Waals surface area contributed by atoms with Crippen LogP contribution in [0.25, 0.3) is 0 Å². The van der Waals surface area contributed by atoms with Crippen molar-refractivity contribution < 1.29 is 18.3 Å². The van der Waals surface area contributed by atoms with E-state index >= 15 is 0 Å². The third kappa shape index (κ3) is 3.61. The molecule has 1 rings (SSSR count). The molecule has 0 saturated carbocycles. The van der Waals surface area contributed by atoms with Crippen LogP contribution >= 0.6 is 23.2 Å². The molecule has 0 radical (unpaired) electrons. The lowest BCUT2D eigenvalue weighted by Gasteiger charge is -2.09. The minimum absolute atomic E-state index is 0.0970. The van der Waals surface area contributed by atoms with Crippen LogP contribution in [-0.2, 0) is 10.0 Å². The van der Waals surface area contributed by atoms with E-state index in [2.05, 4.69) is 16.6 Å². The summed E-state index contributed by atoms with van der Waals surface area (Å²) in [7, 11) is -3.94. The van der Waals surface area contributed by atoms with Crippen LogP contribution < -0.4 is 4.72 Å². The van der Waals surface area contributed by atoms with Crippen molar-refractivity contribution in [3.05, 3.63) is 27.7 Å². The quantitative estimate of drug-likeness (QED) is 0.831. The smallest absolute Gasteiger partial charge is 0.338 e. The third-order valence-electron chi connectivity index (χ3n) is 2.09. The Morgan fingerprint density at radius 3 is 2.58 bits per heavy atom. The number of hydrogen-bond donors (Lipinski definition) is 2. The van der Waals surface area contributed by atoms with E-state index in [1.165, 1.54) is 0 Å². The number of sulfonamides is 1. The van der Waals surface area contributed by atoms with Crippen LogP contribution in [0.4, 0.5) is 0 Å². The zero-order valence-electron chi connectivity index (χ0n) is 9.70. The molecule has 2 N–H and O–H groups in total. The number of rotatable bonds is 4. The average Bonchev–Trinajstić information content (AvgIpc) is 2.28. The predicted molar refractivity (Wildman–Crippen MR) is 72.1 cm³/mol. The Kier molecular flexibility index (Phi) is 5.20. The largest absolute Gasteiger partial charge is 0.478 e. The van der Waals surface area contributed by atoms with E-state index in [0.29, 0.717) is 0 Å². The molecule has 8 heteroatoms. The number of halogens is 2. The van der Waals surface area contributed by atoms with Crippen LogP contribution in [0.5, 0.6) is 0 Å². The number of carboxylic acid groups (broad SMARTS) is 1. The monoisotopic (exact) mass is 321 g/mol. The minimum atomic E-state index is -3.94. The van der Waals surface area contributed by atoms with Crippen molar-refractivity contribution in [1.29, 1.82) is 0 Å². The van der Waals surface area contributed by atoms with Gasteiger partial charge in [-0.25, -0.2) is 13.2 Å². The van der Waals surface area contributed by atoms with Gasteiger partial charge in [-0.3, -0.25) is 0 Å². The van der Waals surface area contributed by atoms with Crippen molar-refractivity contribution in [3.8, 4) is 11.8 Å². The maximum Gasteiger partial charge on any atom is 0.338 e. The Morgan fingerprint density at radius 2 is 2.05 bits per heavy atom. The molecule has 5 nitrogen and oxygen atoms in total. The number of aromatic carboxylic acids is 1.